The summed E-state index contributed by atoms with van der Waals surface area (Å²) in [5, 5.41) is 15.8. The highest BCUT2D eigenvalue weighted by Gasteiger charge is 2.28. The lowest BCUT2D eigenvalue weighted by molar-refractivity contribution is -0.112. The minimum atomic E-state index is -1.06. The van der Waals surface area contributed by atoms with E-state index in [-0.39, 0.29) is 5.75 Å². The molecule has 0 aliphatic heterocycles. The molecule has 2 atom stereocenters. The fourth-order valence-electron chi connectivity index (χ4n) is 3.13. The summed E-state index contributed by atoms with van der Waals surface area (Å²) in [4.78, 5) is 25.2. The Hall–Kier alpha value is -3.09. The Bertz CT molecular complexity index is 1220. The molecule has 0 saturated heterocycles. The molecule has 0 bridgehead atoms. The molecule has 0 saturated carbocycles. The molecule has 0 radical (unpaired) electrons. The molecule has 10 heteroatoms. The molecule has 35 heavy (non-hydrogen) atoms. The number of carbonyl (C=O) groups is 2. The van der Waals surface area contributed by atoms with Crippen molar-refractivity contribution in [3.05, 3.63) is 92.5 Å². The number of nitrogens with one attached hydrogen (secondary N) is 2. The van der Waals surface area contributed by atoms with E-state index in [1.807, 2.05) is 0 Å². The van der Waals surface area contributed by atoms with Crippen LogP contribution in [0.25, 0.3) is 0 Å². The summed E-state index contributed by atoms with van der Waals surface area (Å²) in [5.41, 5.74) is 7.61. The van der Waals surface area contributed by atoms with Gasteiger partial charge in [-0.1, -0.05) is 28.1 Å². The van der Waals surface area contributed by atoms with E-state index in [1.165, 1.54) is 25.3 Å². The van der Waals surface area contributed by atoms with E-state index in [0.29, 0.717) is 22.6 Å². The summed E-state index contributed by atoms with van der Waals surface area (Å²) in [6.07, 6.45) is -0.00271. The molecule has 0 aliphatic carbocycles. The molecule has 0 heterocycles. The summed E-state index contributed by atoms with van der Waals surface area (Å²) >= 11 is 5.43. The number of aromatic hydroxyl groups is 1. The lowest BCUT2D eigenvalue weighted by Gasteiger charge is -2.25. The summed E-state index contributed by atoms with van der Waals surface area (Å²) in [6.45, 7) is 0. The summed E-state index contributed by atoms with van der Waals surface area (Å²) < 4.78 is 12.9. The van der Waals surface area contributed by atoms with Crippen LogP contribution in [0.2, 0.25) is 0 Å². The Morgan fingerprint density at radius 2 is 1.80 bits per heavy atom. The van der Waals surface area contributed by atoms with Gasteiger partial charge < -0.3 is 25.6 Å². The summed E-state index contributed by atoms with van der Waals surface area (Å²) in [6, 6.07) is 18.7. The third-order valence-electron chi connectivity index (χ3n) is 4.85. The number of nitrogens with two attached hydrogens (primary N) is 1. The number of carbonyl (C=O) groups excluding carboxylic acids is 2. The number of nitrogen functional groups attached to an aromatic ring is 1. The molecule has 0 fully saturated rings. The van der Waals surface area contributed by atoms with E-state index in [1.54, 1.807) is 60.7 Å². The Balaban J connectivity index is 1.83. The summed E-state index contributed by atoms with van der Waals surface area (Å²) in [7, 11) is 1.41. The zero-order valence-electron chi connectivity index (χ0n) is 18.6. The second-order valence-corrected chi connectivity index (χ2v) is 9.46. The van der Waals surface area contributed by atoms with Crippen LogP contribution in [0, 0.1) is 3.57 Å². The van der Waals surface area contributed by atoms with Crippen LogP contribution < -0.4 is 16.4 Å². The lowest BCUT2D eigenvalue weighted by atomic mass is 10.0. The number of benzene rings is 3. The number of phenols is 1. The van der Waals surface area contributed by atoms with Crippen molar-refractivity contribution in [1.82, 2.24) is 0 Å². The van der Waals surface area contributed by atoms with E-state index >= 15 is 0 Å². The van der Waals surface area contributed by atoms with Crippen molar-refractivity contribution >= 4 is 67.6 Å². The predicted molar refractivity (Wildman–Crippen MR) is 147 cm³/mol. The number of phenolic OH excluding ortho intramolecular Hbond substituents is 1. The van der Waals surface area contributed by atoms with Crippen molar-refractivity contribution in [2.75, 3.05) is 23.5 Å². The molecule has 5 N–H and O–H groups in total. The highest BCUT2D eigenvalue weighted by atomic mass is 127. The second-order valence-electron chi connectivity index (χ2n) is 7.30. The first-order valence-electron chi connectivity index (χ1n) is 10.3. The number of methoxy groups -OCH3 is 1. The van der Waals surface area contributed by atoms with E-state index < -0.39 is 24.2 Å². The number of rotatable bonds is 8. The fourth-order valence-corrected chi connectivity index (χ4v) is 3.91. The van der Waals surface area contributed by atoms with Crippen molar-refractivity contribution in [3.63, 3.8) is 0 Å². The molecule has 3 aromatic rings. The second kappa shape index (κ2) is 12.6. The topological polar surface area (TPSA) is 123 Å². The van der Waals surface area contributed by atoms with Crippen molar-refractivity contribution in [1.29, 1.82) is 0 Å². The predicted octanol–water partition coefficient (Wildman–Crippen LogP) is 5.84. The van der Waals surface area contributed by atoms with Crippen molar-refractivity contribution in [2.24, 2.45) is 0 Å². The van der Waals surface area contributed by atoms with Crippen LogP contribution >= 0.6 is 38.5 Å². The number of halogens is 2. The van der Waals surface area contributed by atoms with Crippen molar-refractivity contribution < 1.29 is 24.2 Å². The minimum Gasteiger partial charge on any atom is -0.508 e. The van der Waals surface area contributed by atoms with Crippen LogP contribution in [0.4, 0.5) is 21.9 Å². The van der Waals surface area contributed by atoms with E-state index in [9.17, 15) is 14.7 Å². The van der Waals surface area contributed by atoms with E-state index in [2.05, 4.69) is 49.2 Å². The first-order chi connectivity index (χ1) is 16.8. The van der Waals surface area contributed by atoms with E-state index in [4.69, 9.17) is 15.2 Å². The van der Waals surface area contributed by atoms with Crippen LogP contribution in [0.15, 0.2) is 83.4 Å². The normalized spacial score (nSPS) is 12.7. The average molecular weight is 652 g/mol. The van der Waals surface area contributed by atoms with Gasteiger partial charge >= 0.3 is 6.09 Å². The number of amides is 2. The quantitative estimate of drug-likeness (QED) is 0.138. The largest absolute Gasteiger partial charge is 0.508 e. The smallest absolute Gasteiger partial charge is 0.412 e. The van der Waals surface area contributed by atoms with Gasteiger partial charge in [0.15, 0.2) is 6.10 Å². The summed E-state index contributed by atoms with van der Waals surface area (Å²) in [5.74, 6) is -0.529. The van der Waals surface area contributed by atoms with Gasteiger partial charge in [0, 0.05) is 32.5 Å². The van der Waals surface area contributed by atoms with E-state index in [0.717, 1.165) is 8.04 Å². The minimum absolute atomic E-state index is 0.0798. The molecule has 182 valence electrons. The van der Waals surface area contributed by atoms with Crippen LogP contribution in [0.5, 0.6) is 5.75 Å². The lowest BCUT2D eigenvalue weighted by Crippen LogP contribution is -2.27. The number of hydrogen-bond acceptors (Lipinski definition) is 6. The van der Waals surface area contributed by atoms with Gasteiger partial charge in [-0.15, -0.1) is 0 Å². The maximum absolute atomic E-state index is 12.7. The number of anilines is 3. The van der Waals surface area contributed by atoms with Gasteiger partial charge in [0.1, 0.15) is 11.9 Å². The Morgan fingerprint density at radius 1 is 1.09 bits per heavy atom. The number of hydrogen-bond donors (Lipinski definition) is 4. The van der Waals surface area contributed by atoms with Gasteiger partial charge in [0.25, 0.3) is 0 Å². The molecule has 3 aromatic carbocycles. The third-order valence-corrected chi connectivity index (χ3v) is 6.05. The first-order valence-corrected chi connectivity index (χ1v) is 12.2. The van der Waals surface area contributed by atoms with Crippen LogP contribution in [-0.2, 0) is 14.3 Å². The van der Waals surface area contributed by atoms with Crippen molar-refractivity contribution in [3.8, 4) is 5.75 Å². The monoisotopic (exact) mass is 651 g/mol. The van der Waals surface area contributed by atoms with Gasteiger partial charge in [-0.25, -0.2) is 4.79 Å². The molecular formula is C25H23BrIN3O5. The van der Waals surface area contributed by atoms with Gasteiger partial charge in [0.05, 0.1) is 11.4 Å². The van der Waals surface area contributed by atoms with Crippen LogP contribution in [-0.4, -0.2) is 30.3 Å². The van der Waals surface area contributed by atoms with Crippen molar-refractivity contribution in [2.45, 2.75) is 12.2 Å². The molecular weight excluding hydrogens is 629 g/mol. The van der Waals surface area contributed by atoms with Gasteiger partial charge in [-0.05, 0) is 83.3 Å². The third kappa shape index (κ3) is 7.70. The SMILES string of the molecule is CO[C@@H](/C=C/C(=O)Nc1ccccc1N)[C@@H](OC(=O)Nc1ccc(Br)cc1)c1cc(I)ccc1O. The standard InChI is InChI=1S/C25H23BrIN3O5/c1-34-22(12-13-23(32)30-20-5-3-2-4-19(20)28)24(18-14-16(27)8-11-21(18)31)35-25(33)29-17-9-6-15(26)7-10-17/h2-14,22,24,31H,28H2,1H3,(H,29,33)(H,30,32)/b13-12+/t22-,24-/m0/s1. The van der Waals surface area contributed by atoms with Gasteiger partial charge in [-0.3, -0.25) is 10.1 Å². The molecule has 2 amide bonds. The molecule has 3 rings (SSSR count). The zero-order chi connectivity index (χ0) is 25.4. The van der Waals surface area contributed by atoms with Crippen LogP contribution in [0.1, 0.15) is 11.7 Å². The highest BCUT2D eigenvalue weighted by Crippen LogP contribution is 2.33. The maximum Gasteiger partial charge on any atom is 0.412 e. The number of para-hydroxylation sites is 2. The Labute approximate surface area is 224 Å². The Morgan fingerprint density at radius 3 is 2.49 bits per heavy atom. The average Bonchev–Trinajstić information content (AvgIpc) is 2.83. The Kier molecular flexibility index (Phi) is 9.52. The molecule has 0 spiro atoms. The molecule has 0 unspecified atom stereocenters. The highest BCUT2D eigenvalue weighted by molar-refractivity contribution is 14.1. The van der Waals surface area contributed by atoms with Crippen LogP contribution in [0.3, 0.4) is 0 Å². The number of ether oxygens (including phenoxy) is 2. The molecule has 8 nitrogen and oxygen atoms in total. The zero-order valence-corrected chi connectivity index (χ0v) is 22.3. The maximum atomic E-state index is 12.7. The molecule has 0 aliphatic rings. The first kappa shape index (κ1) is 26.5. The van der Waals surface area contributed by atoms with Gasteiger partial charge in [-0.2, -0.15) is 0 Å². The molecule has 0 aromatic heterocycles. The fraction of sp³-hybridized carbons (Fsp3) is 0.120. The van der Waals surface area contributed by atoms with Gasteiger partial charge in [0.2, 0.25) is 5.91 Å².